The summed E-state index contributed by atoms with van der Waals surface area (Å²) in [5.74, 6) is 1.89. The molecule has 1 aliphatic heterocycles. The summed E-state index contributed by atoms with van der Waals surface area (Å²) in [6.07, 6.45) is 6.77. The Morgan fingerprint density at radius 1 is 1.29 bits per heavy atom. The van der Waals surface area contributed by atoms with Crippen LogP contribution in [0.3, 0.4) is 0 Å². The van der Waals surface area contributed by atoms with Gasteiger partial charge in [-0.15, -0.1) is 0 Å². The molecule has 0 amide bonds. The Morgan fingerprint density at radius 3 is 2.71 bits per heavy atom. The molecule has 3 rings (SSSR count). The molecule has 0 unspecified atom stereocenters. The molecule has 0 bridgehead atoms. The van der Waals surface area contributed by atoms with E-state index in [1.54, 1.807) is 0 Å². The van der Waals surface area contributed by atoms with Crippen LogP contribution in [-0.4, -0.2) is 18.2 Å². The summed E-state index contributed by atoms with van der Waals surface area (Å²) in [6.45, 7) is 7.47. The van der Waals surface area contributed by atoms with Crippen LogP contribution in [-0.2, 0) is 0 Å². The molecule has 1 fully saturated rings. The van der Waals surface area contributed by atoms with Gasteiger partial charge >= 0.3 is 0 Å². The van der Waals surface area contributed by atoms with Crippen molar-refractivity contribution in [2.75, 3.05) is 17.2 Å². The molecule has 0 atom stereocenters. The molecule has 0 aromatic heterocycles. The third kappa shape index (κ3) is 2.97. The zero-order chi connectivity index (χ0) is 14.9. The molecule has 1 saturated carbocycles. The van der Waals surface area contributed by atoms with Gasteiger partial charge < -0.3 is 15.4 Å². The fourth-order valence-electron chi connectivity index (χ4n) is 3.70. The summed E-state index contributed by atoms with van der Waals surface area (Å²) in [5, 5.41) is 7.47. The molecule has 3 heteroatoms. The highest BCUT2D eigenvalue weighted by Gasteiger charge is 2.38. The van der Waals surface area contributed by atoms with Gasteiger partial charge in [-0.2, -0.15) is 0 Å². The van der Waals surface area contributed by atoms with E-state index in [1.165, 1.54) is 37.8 Å². The summed E-state index contributed by atoms with van der Waals surface area (Å²) >= 11 is 0. The molecule has 3 nitrogen and oxygen atoms in total. The molecule has 1 aromatic rings. The molecule has 1 aliphatic carbocycles. The Labute approximate surface area is 128 Å². The van der Waals surface area contributed by atoms with Crippen LogP contribution < -0.4 is 15.4 Å². The standard InChI is InChI=1S/C18H28N2O/c1-4-14-8-10-18(11-9-14)12-19-17-15(20-18)6-5-7-16(17)21-13(2)3/h5-7,13-14,19-20H,4,8-12H2,1-3H3. The summed E-state index contributed by atoms with van der Waals surface area (Å²) < 4.78 is 5.92. The summed E-state index contributed by atoms with van der Waals surface area (Å²) in [6, 6.07) is 6.31. The number of nitrogens with one attached hydrogen (secondary N) is 2. The zero-order valence-electron chi connectivity index (χ0n) is 13.5. The van der Waals surface area contributed by atoms with Crippen LogP contribution in [0.25, 0.3) is 0 Å². The average molecular weight is 288 g/mol. The third-order valence-corrected chi connectivity index (χ3v) is 5.03. The van der Waals surface area contributed by atoms with E-state index in [9.17, 15) is 0 Å². The molecular formula is C18H28N2O. The molecular weight excluding hydrogens is 260 g/mol. The van der Waals surface area contributed by atoms with Gasteiger partial charge in [0, 0.05) is 6.54 Å². The average Bonchev–Trinajstić information content (AvgIpc) is 2.47. The lowest BCUT2D eigenvalue weighted by atomic mass is 9.74. The first-order valence-corrected chi connectivity index (χ1v) is 8.43. The number of anilines is 2. The first-order chi connectivity index (χ1) is 10.1. The van der Waals surface area contributed by atoms with Gasteiger partial charge in [0.05, 0.1) is 17.3 Å². The number of para-hydroxylation sites is 1. The quantitative estimate of drug-likeness (QED) is 0.849. The lowest BCUT2D eigenvalue weighted by Gasteiger charge is -2.45. The minimum Gasteiger partial charge on any atom is -0.489 e. The highest BCUT2D eigenvalue weighted by atomic mass is 16.5. The van der Waals surface area contributed by atoms with Crippen molar-refractivity contribution in [2.45, 2.75) is 64.5 Å². The highest BCUT2D eigenvalue weighted by Crippen LogP contribution is 2.43. The Kier molecular flexibility index (Phi) is 4.01. The van der Waals surface area contributed by atoms with Crippen LogP contribution >= 0.6 is 0 Å². The van der Waals surface area contributed by atoms with Gasteiger partial charge in [-0.25, -0.2) is 0 Å². The molecule has 116 valence electrons. The molecule has 1 heterocycles. The smallest absolute Gasteiger partial charge is 0.144 e. The first kappa shape index (κ1) is 14.6. The third-order valence-electron chi connectivity index (χ3n) is 5.03. The second-order valence-electron chi connectivity index (χ2n) is 6.96. The SMILES string of the molecule is CCC1CCC2(CC1)CNc1c(cccc1OC(C)C)N2. The van der Waals surface area contributed by atoms with E-state index >= 15 is 0 Å². The number of rotatable bonds is 3. The van der Waals surface area contributed by atoms with Crippen molar-refractivity contribution < 1.29 is 4.74 Å². The Bertz CT molecular complexity index is 490. The lowest BCUT2D eigenvalue weighted by molar-refractivity contribution is 0.240. The van der Waals surface area contributed by atoms with Crippen molar-refractivity contribution in [3.8, 4) is 5.75 Å². The molecule has 0 saturated heterocycles. The van der Waals surface area contributed by atoms with E-state index in [0.717, 1.165) is 23.9 Å². The fraction of sp³-hybridized carbons (Fsp3) is 0.667. The van der Waals surface area contributed by atoms with E-state index < -0.39 is 0 Å². The van der Waals surface area contributed by atoms with Crippen LogP contribution in [0.4, 0.5) is 11.4 Å². The van der Waals surface area contributed by atoms with Crippen molar-refractivity contribution in [2.24, 2.45) is 5.92 Å². The van der Waals surface area contributed by atoms with Crippen molar-refractivity contribution in [1.82, 2.24) is 0 Å². The van der Waals surface area contributed by atoms with E-state index in [-0.39, 0.29) is 11.6 Å². The maximum absolute atomic E-state index is 5.92. The maximum Gasteiger partial charge on any atom is 0.144 e. The van der Waals surface area contributed by atoms with Gasteiger partial charge in [-0.1, -0.05) is 19.4 Å². The predicted molar refractivity (Wildman–Crippen MR) is 89.3 cm³/mol. The van der Waals surface area contributed by atoms with E-state index in [2.05, 4.69) is 49.6 Å². The zero-order valence-corrected chi connectivity index (χ0v) is 13.5. The van der Waals surface area contributed by atoms with Crippen LogP contribution in [0, 0.1) is 5.92 Å². The minimum absolute atomic E-state index is 0.203. The monoisotopic (exact) mass is 288 g/mol. The van der Waals surface area contributed by atoms with Crippen LogP contribution in [0.5, 0.6) is 5.75 Å². The lowest BCUT2D eigenvalue weighted by Crippen LogP contribution is -2.50. The summed E-state index contributed by atoms with van der Waals surface area (Å²) in [4.78, 5) is 0. The Morgan fingerprint density at radius 2 is 2.05 bits per heavy atom. The Balaban J connectivity index is 1.77. The minimum atomic E-state index is 0.203. The van der Waals surface area contributed by atoms with Gasteiger partial charge in [0.2, 0.25) is 0 Å². The van der Waals surface area contributed by atoms with Crippen molar-refractivity contribution in [1.29, 1.82) is 0 Å². The Hall–Kier alpha value is -1.38. The van der Waals surface area contributed by atoms with Crippen LogP contribution in [0.15, 0.2) is 18.2 Å². The highest BCUT2D eigenvalue weighted by molar-refractivity contribution is 5.78. The second-order valence-corrected chi connectivity index (χ2v) is 6.96. The normalized spacial score (nSPS) is 27.9. The van der Waals surface area contributed by atoms with Crippen LogP contribution in [0.1, 0.15) is 52.9 Å². The number of ether oxygens (including phenoxy) is 1. The van der Waals surface area contributed by atoms with Crippen molar-refractivity contribution in [3.05, 3.63) is 18.2 Å². The van der Waals surface area contributed by atoms with Gasteiger partial charge in [-0.05, 0) is 57.6 Å². The van der Waals surface area contributed by atoms with E-state index in [4.69, 9.17) is 4.74 Å². The molecule has 2 aliphatic rings. The van der Waals surface area contributed by atoms with Gasteiger partial charge in [0.1, 0.15) is 11.4 Å². The van der Waals surface area contributed by atoms with Crippen molar-refractivity contribution >= 4 is 11.4 Å². The van der Waals surface area contributed by atoms with Crippen LogP contribution in [0.2, 0.25) is 0 Å². The van der Waals surface area contributed by atoms with E-state index in [1.807, 2.05) is 0 Å². The molecule has 1 aromatic carbocycles. The van der Waals surface area contributed by atoms with E-state index in [0.29, 0.717) is 0 Å². The number of hydrogen-bond donors (Lipinski definition) is 2. The predicted octanol–water partition coefficient (Wildman–Crippen LogP) is 4.65. The molecule has 1 spiro atoms. The number of fused-ring (bicyclic) bond motifs is 1. The molecule has 2 N–H and O–H groups in total. The maximum atomic E-state index is 5.92. The number of hydrogen-bond acceptors (Lipinski definition) is 3. The summed E-state index contributed by atoms with van der Waals surface area (Å²) in [5.41, 5.74) is 2.58. The molecule has 21 heavy (non-hydrogen) atoms. The topological polar surface area (TPSA) is 33.3 Å². The number of benzene rings is 1. The molecule has 0 radical (unpaired) electrons. The van der Waals surface area contributed by atoms with Gasteiger partial charge in [-0.3, -0.25) is 0 Å². The summed E-state index contributed by atoms with van der Waals surface area (Å²) in [7, 11) is 0. The van der Waals surface area contributed by atoms with Gasteiger partial charge in [0.15, 0.2) is 0 Å². The largest absolute Gasteiger partial charge is 0.489 e. The van der Waals surface area contributed by atoms with Gasteiger partial charge in [0.25, 0.3) is 0 Å². The van der Waals surface area contributed by atoms with Crippen molar-refractivity contribution in [3.63, 3.8) is 0 Å². The first-order valence-electron chi connectivity index (χ1n) is 8.43. The fourth-order valence-corrected chi connectivity index (χ4v) is 3.70. The second kappa shape index (κ2) is 5.78.